The summed E-state index contributed by atoms with van der Waals surface area (Å²) < 4.78 is 5.03. The number of methoxy groups -OCH3 is 1. The summed E-state index contributed by atoms with van der Waals surface area (Å²) in [6, 6.07) is 3.58. The zero-order valence-corrected chi connectivity index (χ0v) is 12.2. The van der Waals surface area contributed by atoms with Crippen LogP contribution in [0.3, 0.4) is 0 Å². The highest BCUT2D eigenvalue weighted by molar-refractivity contribution is 5.91. The van der Waals surface area contributed by atoms with Crippen LogP contribution >= 0.6 is 0 Å². The van der Waals surface area contributed by atoms with Gasteiger partial charge in [-0.05, 0) is 19.4 Å². The van der Waals surface area contributed by atoms with Gasteiger partial charge in [0.1, 0.15) is 0 Å². The maximum Gasteiger partial charge on any atom is 0.224 e. The monoisotopic (exact) mass is 264 g/mol. The van der Waals surface area contributed by atoms with Crippen molar-refractivity contribution in [2.24, 2.45) is 0 Å². The second-order valence-corrected chi connectivity index (χ2v) is 4.70. The summed E-state index contributed by atoms with van der Waals surface area (Å²) >= 11 is 0. The van der Waals surface area contributed by atoms with Gasteiger partial charge in [0, 0.05) is 12.5 Å². The topological polar surface area (TPSA) is 51.2 Å². The number of ether oxygens (including phenoxy) is 1. The summed E-state index contributed by atoms with van der Waals surface area (Å²) in [5.41, 5.74) is 1.54. The minimum atomic E-state index is 0.0616. The SMILES string of the molecule is CCCCCCCC(=O)Nc1ccc(OC)nc1C. The molecule has 0 aliphatic rings. The molecular weight excluding hydrogens is 240 g/mol. The fourth-order valence-corrected chi connectivity index (χ4v) is 1.89. The molecule has 0 saturated carbocycles. The van der Waals surface area contributed by atoms with Crippen molar-refractivity contribution < 1.29 is 9.53 Å². The molecule has 1 aromatic rings. The number of anilines is 1. The number of hydrogen-bond donors (Lipinski definition) is 1. The Labute approximate surface area is 115 Å². The quantitative estimate of drug-likeness (QED) is 0.728. The van der Waals surface area contributed by atoms with E-state index in [1.807, 2.05) is 13.0 Å². The molecule has 1 heterocycles. The molecule has 0 bridgehead atoms. The zero-order valence-electron chi connectivity index (χ0n) is 12.2. The molecule has 0 aromatic carbocycles. The van der Waals surface area contributed by atoms with Gasteiger partial charge in [0.25, 0.3) is 0 Å². The van der Waals surface area contributed by atoms with Crippen LogP contribution in [0.4, 0.5) is 5.69 Å². The highest BCUT2D eigenvalue weighted by atomic mass is 16.5. The van der Waals surface area contributed by atoms with Crippen LogP contribution in [0.25, 0.3) is 0 Å². The van der Waals surface area contributed by atoms with Crippen molar-refractivity contribution in [1.82, 2.24) is 4.98 Å². The largest absolute Gasteiger partial charge is 0.481 e. The van der Waals surface area contributed by atoms with Crippen molar-refractivity contribution in [3.8, 4) is 5.88 Å². The minimum absolute atomic E-state index is 0.0616. The van der Waals surface area contributed by atoms with E-state index in [9.17, 15) is 4.79 Å². The number of aromatic nitrogens is 1. The van der Waals surface area contributed by atoms with Gasteiger partial charge in [-0.1, -0.05) is 32.6 Å². The molecule has 1 rings (SSSR count). The number of nitrogens with one attached hydrogen (secondary N) is 1. The standard InChI is InChI=1S/C15H24N2O2/c1-4-5-6-7-8-9-14(18)17-13-10-11-15(19-3)16-12(13)2/h10-11H,4-9H2,1-3H3,(H,17,18). The molecule has 19 heavy (non-hydrogen) atoms. The highest BCUT2D eigenvalue weighted by Crippen LogP contribution is 2.17. The van der Waals surface area contributed by atoms with Crippen molar-refractivity contribution in [3.63, 3.8) is 0 Å². The number of carbonyl (C=O) groups excluding carboxylic acids is 1. The van der Waals surface area contributed by atoms with Gasteiger partial charge in [0.2, 0.25) is 11.8 Å². The second kappa shape index (κ2) is 8.51. The Kier molecular flexibility index (Phi) is 6.93. The first-order valence-electron chi connectivity index (χ1n) is 6.99. The van der Waals surface area contributed by atoms with Crippen molar-refractivity contribution in [1.29, 1.82) is 0 Å². The molecule has 0 unspecified atom stereocenters. The summed E-state index contributed by atoms with van der Waals surface area (Å²) in [4.78, 5) is 16.0. The van der Waals surface area contributed by atoms with Gasteiger partial charge in [0.15, 0.2) is 0 Å². The molecule has 0 spiro atoms. The molecule has 4 heteroatoms. The maximum atomic E-state index is 11.8. The molecule has 1 amide bonds. The minimum Gasteiger partial charge on any atom is -0.481 e. The highest BCUT2D eigenvalue weighted by Gasteiger charge is 2.06. The van der Waals surface area contributed by atoms with E-state index in [2.05, 4.69) is 17.2 Å². The molecule has 0 aliphatic heterocycles. The Morgan fingerprint density at radius 2 is 2.00 bits per heavy atom. The first kappa shape index (κ1) is 15.5. The molecule has 0 atom stereocenters. The fraction of sp³-hybridized carbons (Fsp3) is 0.600. The van der Waals surface area contributed by atoms with E-state index in [-0.39, 0.29) is 5.91 Å². The Morgan fingerprint density at radius 1 is 1.26 bits per heavy atom. The lowest BCUT2D eigenvalue weighted by Gasteiger charge is -2.09. The molecule has 0 aliphatic carbocycles. The van der Waals surface area contributed by atoms with Crippen LogP contribution in [-0.4, -0.2) is 18.0 Å². The Morgan fingerprint density at radius 3 is 2.63 bits per heavy atom. The van der Waals surface area contributed by atoms with Gasteiger partial charge >= 0.3 is 0 Å². The fourth-order valence-electron chi connectivity index (χ4n) is 1.89. The lowest BCUT2D eigenvalue weighted by atomic mass is 10.1. The number of aryl methyl sites for hydroxylation is 1. The van der Waals surface area contributed by atoms with Gasteiger partial charge in [-0.25, -0.2) is 4.98 Å². The normalized spacial score (nSPS) is 10.3. The number of carbonyl (C=O) groups is 1. The average molecular weight is 264 g/mol. The van der Waals surface area contributed by atoms with E-state index >= 15 is 0 Å². The number of nitrogens with zero attached hydrogens (tertiary/aromatic N) is 1. The zero-order chi connectivity index (χ0) is 14.1. The van der Waals surface area contributed by atoms with E-state index in [0.717, 1.165) is 24.2 Å². The number of amides is 1. The number of pyridine rings is 1. The maximum absolute atomic E-state index is 11.8. The summed E-state index contributed by atoms with van der Waals surface area (Å²) in [6.45, 7) is 4.05. The summed E-state index contributed by atoms with van der Waals surface area (Å²) in [5, 5.41) is 2.90. The third kappa shape index (κ3) is 5.73. The average Bonchev–Trinajstić information content (AvgIpc) is 2.41. The number of hydrogen-bond acceptors (Lipinski definition) is 3. The number of unbranched alkanes of at least 4 members (excludes halogenated alkanes) is 4. The van der Waals surface area contributed by atoms with Gasteiger partial charge in [-0.3, -0.25) is 4.79 Å². The molecule has 0 radical (unpaired) electrons. The first-order valence-corrected chi connectivity index (χ1v) is 6.99. The Bertz CT molecular complexity index is 405. The summed E-state index contributed by atoms with van der Waals surface area (Å²) in [5.74, 6) is 0.627. The molecule has 0 fully saturated rings. The van der Waals surface area contributed by atoms with E-state index in [1.54, 1.807) is 13.2 Å². The molecule has 4 nitrogen and oxygen atoms in total. The number of rotatable bonds is 8. The Hall–Kier alpha value is -1.58. The lowest BCUT2D eigenvalue weighted by molar-refractivity contribution is -0.116. The van der Waals surface area contributed by atoms with Crippen LogP contribution in [0.2, 0.25) is 0 Å². The van der Waals surface area contributed by atoms with Crippen molar-refractivity contribution in [2.75, 3.05) is 12.4 Å². The molecule has 1 aromatic heterocycles. The summed E-state index contributed by atoms with van der Waals surface area (Å²) in [7, 11) is 1.58. The van der Waals surface area contributed by atoms with Crippen molar-refractivity contribution in [2.45, 2.75) is 52.4 Å². The van der Waals surface area contributed by atoms with Crippen LogP contribution in [0.1, 0.15) is 51.1 Å². The lowest BCUT2D eigenvalue weighted by Crippen LogP contribution is -2.12. The third-order valence-corrected chi connectivity index (χ3v) is 3.05. The molecule has 106 valence electrons. The van der Waals surface area contributed by atoms with Crippen molar-refractivity contribution >= 4 is 11.6 Å². The predicted molar refractivity (Wildman–Crippen MR) is 77.5 cm³/mol. The second-order valence-electron chi connectivity index (χ2n) is 4.70. The van der Waals surface area contributed by atoms with Gasteiger partial charge in [-0.15, -0.1) is 0 Å². The molecular formula is C15H24N2O2. The van der Waals surface area contributed by atoms with Crippen LogP contribution in [0.5, 0.6) is 5.88 Å². The predicted octanol–water partition coefficient (Wildman–Crippen LogP) is 3.70. The summed E-state index contributed by atoms with van der Waals surface area (Å²) in [6.07, 6.45) is 6.35. The van der Waals surface area contributed by atoms with Gasteiger partial charge in [0.05, 0.1) is 18.5 Å². The van der Waals surface area contributed by atoms with Crippen LogP contribution in [0.15, 0.2) is 12.1 Å². The van der Waals surface area contributed by atoms with Crippen molar-refractivity contribution in [3.05, 3.63) is 17.8 Å². The van der Waals surface area contributed by atoms with Gasteiger partial charge < -0.3 is 10.1 Å². The molecule has 1 N–H and O–H groups in total. The van der Waals surface area contributed by atoms with E-state index in [0.29, 0.717) is 12.3 Å². The van der Waals surface area contributed by atoms with E-state index < -0.39 is 0 Å². The van der Waals surface area contributed by atoms with E-state index in [4.69, 9.17) is 4.74 Å². The van der Waals surface area contributed by atoms with Crippen LogP contribution in [0, 0.1) is 6.92 Å². The van der Waals surface area contributed by atoms with Gasteiger partial charge in [-0.2, -0.15) is 0 Å². The molecule has 0 saturated heterocycles. The Balaban J connectivity index is 2.36. The van der Waals surface area contributed by atoms with Crippen LogP contribution < -0.4 is 10.1 Å². The smallest absolute Gasteiger partial charge is 0.224 e. The van der Waals surface area contributed by atoms with Crippen LogP contribution in [-0.2, 0) is 4.79 Å². The first-order chi connectivity index (χ1) is 9.17. The third-order valence-electron chi connectivity index (χ3n) is 3.05. The van der Waals surface area contributed by atoms with E-state index in [1.165, 1.54) is 19.3 Å².